The Bertz CT molecular complexity index is 1090. The molecule has 0 fully saturated rings. The van der Waals surface area contributed by atoms with Crippen molar-refractivity contribution in [1.29, 1.82) is 0 Å². The molecule has 3 rings (SSSR count). The van der Waals surface area contributed by atoms with E-state index in [2.05, 4.69) is 29.0 Å². The van der Waals surface area contributed by atoms with Crippen molar-refractivity contribution >= 4 is 29.1 Å². The Morgan fingerprint density at radius 1 is 1.19 bits per heavy atom. The third-order valence-corrected chi connectivity index (χ3v) is 5.66. The lowest BCUT2D eigenvalue weighted by molar-refractivity contribution is -0.113. The fourth-order valence-corrected chi connectivity index (χ4v) is 3.72. The summed E-state index contributed by atoms with van der Waals surface area (Å²) >= 11 is 1.28. The van der Waals surface area contributed by atoms with Crippen molar-refractivity contribution in [2.75, 3.05) is 11.1 Å². The summed E-state index contributed by atoms with van der Waals surface area (Å²) in [5, 5.41) is 11.9. The average molecular weight is 451 g/mol. The van der Waals surface area contributed by atoms with Gasteiger partial charge in [-0.1, -0.05) is 49.0 Å². The van der Waals surface area contributed by atoms with Crippen LogP contribution in [0.4, 0.5) is 5.69 Å². The maximum atomic E-state index is 12.4. The van der Waals surface area contributed by atoms with Crippen molar-refractivity contribution in [3.8, 4) is 5.75 Å². The van der Waals surface area contributed by atoms with Crippen LogP contribution in [-0.4, -0.2) is 32.2 Å². The number of Topliss-reactive ketones (excluding diaryl/α,β-unsaturated/α-hetero) is 1. The maximum absolute atomic E-state index is 12.4. The van der Waals surface area contributed by atoms with Gasteiger partial charge in [0.15, 0.2) is 16.8 Å². The van der Waals surface area contributed by atoms with Gasteiger partial charge in [-0.3, -0.25) is 14.2 Å². The number of nitrogens with zero attached hydrogens (tertiary/aromatic N) is 3. The number of aromatic nitrogens is 3. The Hall–Kier alpha value is -3.39. The first kappa shape index (κ1) is 23.3. The highest BCUT2D eigenvalue weighted by Gasteiger charge is 2.14. The molecule has 1 amide bonds. The van der Waals surface area contributed by atoms with E-state index in [0.29, 0.717) is 28.8 Å². The predicted octanol–water partition coefficient (Wildman–Crippen LogP) is 4.54. The molecule has 3 aromatic rings. The van der Waals surface area contributed by atoms with Crippen molar-refractivity contribution < 1.29 is 14.3 Å². The molecule has 0 aliphatic carbocycles. The van der Waals surface area contributed by atoms with Crippen LogP contribution in [0.1, 0.15) is 35.6 Å². The number of nitrogens with one attached hydrogen (secondary N) is 1. The Balaban J connectivity index is 1.60. The van der Waals surface area contributed by atoms with Crippen LogP contribution < -0.4 is 10.1 Å². The number of amides is 1. The highest BCUT2D eigenvalue weighted by molar-refractivity contribution is 7.99. The van der Waals surface area contributed by atoms with E-state index >= 15 is 0 Å². The number of hydrogen-bond acceptors (Lipinski definition) is 6. The fourth-order valence-electron chi connectivity index (χ4n) is 2.96. The van der Waals surface area contributed by atoms with Gasteiger partial charge >= 0.3 is 0 Å². The first-order valence-corrected chi connectivity index (χ1v) is 11.3. The van der Waals surface area contributed by atoms with E-state index in [9.17, 15) is 9.59 Å². The lowest BCUT2D eigenvalue weighted by atomic mass is 10.1. The topological polar surface area (TPSA) is 86.1 Å². The summed E-state index contributed by atoms with van der Waals surface area (Å²) in [6.45, 7) is 8.16. The summed E-state index contributed by atoms with van der Waals surface area (Å²) < 4.78 is 7.73. The van der Waals surface area contributed by atoms with Crippen LogP contribution in [0.2, 0.25) is 0 Å². The van der Waals surface area contributed by atoms with E-state index in [1.165, 1.54) is 24.2 Å². The minimum Gasteiger partial charge on any atom is -0.486 e. The first-order valence-electron chi connectivity index (χ1n) is 10.3. The number of aryl methyl sites for hydroxylation is 1. The van der Waals surface area contributed by atoms with Crippen LogP contribution >= 0.6 is 11.8 Å². The first-order chi connectivity index (χ1) is 15.5. The highest BCUT2D eigenvalue weighted by Crippen LogP contribution is 2.20. The smallest absolute Gasteiger partial charge is 0.234 e. The number of ether oxygens (including phenoxy) is 1. The van der Waals surface area contributed by atoms with Gasteiger partial charge in [0.25, 0.3) is 0 Å². The number of hydrogen-bond donors (Lipinski definition) is 1. The maximum Gasteiger partial charge on any atom is 0.234 e. The summed E-state index contributed by atoms with van der Waals surface area (Å²) in [5.41, 5.74) is 2.38. The molecular formula is C24H26N4O3S. The lowest BCUT2D eigenvalue weighted by Crippen LogP contribution is -2.15. The van der Waals surface area contributed by atoms with Crippen LogP contribution in [0.5, 0.6) is 5.75 Å². The predicted molar refractivity (Wildman–Crippen MR) is 126 cm³/mol. The molecule has 166 valence electrons. The second kappa shape index (κ2) is 11.3. The number of anilines is 1. The van der Waals surface area contributed by atoms with Gasteiger partial charge in [-0.25, -0.2) is 0 Å². The molecule has 1 aromatic heterocycles. The normalized spacial score (nSPS) is 10.6. The molecule has 2 aromatic carbocycles. The quantitative estimate of drug-likeness (QED) is 0.262. The van der Waals surface area contributed by atoms with Gasteiger partial charge < -0.3 is 10.1 Å². The van der Waals surface area contributed by atoms with E-state index in [1.807, 2.05) is 28.8 Å². The number of ketones is 1. The zero-order valence-corrected chi connectivity index (χ0v) is 19.0. The van der Waals surface area contributed by atoms with Gasteiger partial charge in [0.2, 0.25) is 5.91 Å². The van der Waals surface area contributed by atoms with Crippen molar-refractivity contribution in [3.05, 3.63) is 78.1 Å². The lowest BCUT2D eigenvalue weighted by Gasteiger charge is -2.10. The van der Waals surface area contributed by atoms with E-state index in [0.717, 1.165) is 12.2 Å². The molecule has 0 radical (unpaired) electrons. The van der Waals surface area contributed by atoms with E-state index in [4.69, 9.17) is 4.74 Å². The van der Waals surface area contributed by atoms with Gasteiger partial charge in [-0.05, 0) is 43.2 Å². The summed E-state index contributed by atoms with van der Waals surface area (Å²) in [5.74, 6) is 1.32. The molecule has 1 N–H and O–H groups in total. The number of allylic oxidation sites excluding steroid dienone is 1. The molecule has 0 atom stereocenters. The molecule has 0 aliphatic rings. The molecule has 0 aliphatic heterocycles. The van der Waals surface area contributed by atoms with Crippen molar-refractivity contribution in [2.45, 2.75) is 38.6 Å². The third-order valence-electron chi connectivity index (χ3n) is 4.69. The standard InChI is InChI=1S/C24H26N4O3S/c1-4-13-28-22(15-31-21-11-9-18(5-2)10-12-21)26-27-24(28)32-16-23(30)25-20-8-6-7-19(14-20)17(3)29/h4,6-12,14H,1,5,13,15-16H2,2-3H3,(H,25,30). The highest BCUT2D eigenvalue weighted by atomic mass is 32.2. The molecule has 8 heteroatoms. The minimum absolute atomic E-state index is 0.0518. The van der Waals surface area contributed by atoms with E-state index in [-0.39, 0.29) is 24.1 Å². The van der Waals surface area contributed by atoms with Gasteiger partial charge in [-0.2, -0.15) is 0 Å². The SMILES string of the molecule is C=CCn1c(COc2ccc(CC)cc2)nnc1SCC(=O)Nc1cccc(C(C)=O)c1. The van der Waals surface area contributed by atoms with Gasteiger partial charge in [0.05, 0.1) is 5.75 Å². The van der Waals surface area contributed by atoms with Gasteiger partial charge in [0.1, 0.15) is 12.4 Å². The fraction of sp³-hybridized carbons (Fsp3) is 0.250. The molecular weight excluding hydrogens is 424 g/mol. The second-order valence-electron chi connectivity index (χ2n) is 7.06. The average Bonchev–Trinajstić information content (AvgIpc) is 3.18. The van der Waals surface area contributed by atoms with E-state index < -0.39 is 0 Å². The number of benzene rings is 2. The van der Waals surface area contributed by atoms with Crippen LogP contribution in [0.25, 0.3) is 0 Å². The van der Waals surface area contributed by atoms with Crippen molar-refractivity contribution in [3.63, 3.8) is 0 Å². The zero-order chi connectivity index (χ0) is 22.9. The van der Waals surface area contributed by atoms with Crippen molar-refractivity contribution in [2.24, 2.45) is 0 Å². The Morgan fingerprint density at radius 2 is 1.97 bits per heavy atom. The van der Waals surface area contributed by atoms with Crippen LogP contribution in [-0.2, 0) is 24.4 Å². The summed E-state index contributed by atoms with van der Waals surface area (Å²) in [6.07, 6.45) is 2.73. The molecule has 7 nitrogen and oxygen atoms in total. The van der Waals surface area contributed by atoms with Crippen LogP contribution in [0.3, 0.4) is 0 Å². The van der Waals surface area contributed by atoms with Crippen LogP contribution in [0, 0.1) is 0 Å². The number of carbonyl (C=O) groups is 2. The summed E-state index contributed by atoms with van der Waals surface area (Å²) in [7, 11) is 0. The van der Waals surface area contributed by atoms with E-state index in [1.54, 1.807) is 30.3 Å². The third kappa shape index (κ3) is 6.31. The molecule has 0 saturated heterocycles. The molecule has 32 heavy (non-hydrogen) atoms. The number of rotatable bonds is 11. The molecule has 0 unspecified atom stereocenters. The largest absolute Gasteiger partial charge is 0.486 e. The summed E-state index contributed by atoms with van der Waals surface area (Å²) in [4.78, 5) is 23.9. The number of thioether (sulfide) groups is 1. The van der Waals surface area contributed by atoms with Crippen LogP contribution in [0.15, 0.2) is 66.3 Å². The molecule has 1 heterocycles. The second-order valence-corrected chi connectivity index (χ2v) is 8.00. The molecule has 0 saturated carbocycles. The monoisotopic (exact) mass is 450 g/mol. The Morgan fingerprint density at radius 3 is 2.66 bits per heavy atom. The van der Waals surface area contributed by atoms with Gasteiger partial charge in [-0.15, -0.1) is 16.8 Å². The summed E-state index contributed by atoms with van der Waals surface area (Å²) in [6, 6.07) is 14.8. The minimum atomic E-state index is -0.197. The Labute approximate surface area is 191 Å². The molecule has 0 spiro atoms. The Kier molecular flexibility index (Phi) is 8.21. The van der Waals surface area contributed by atoms with Crippen molar-refractivity contribution in [1.82, 2.24) is 14.8 Å². The number of carbonyl (C=O) groups excluding carboxylic acids is 2. The zero-order valence-electron chi connectivity index (χ0n) is 18.2. The molecule has 0 bridgehead atoms. The van der Waals surface area contributed by atoms with Gasteiger partial charge in [0, 0.05) is 17.8 Å².